The maximum atomic E-state index is 12.2. The average molecular weight is 350 g/mol. The predicted octanol–water partition coefficient (Wildman–Crippen LogP) is 3.47. The van der Waals surface area contributed by atoms with Crippen LogP contribution in [0, 0.1) is 0 Å². The van der Waals surface area contributed by atoms with Crippen molar-refractivity contribution in [3.05, 3.63) is 71.7 Å². The van der Waals surface area contributed by atoms with Gasteiger partial charge in [0.25, 0.3) is 5.91 Å². The smallest absolute Gasteiger partial charge is 0.294 e. The molecule has 0 atom stereocenters. The number of anilines is 2. The number of aryl methyl sites for hydroxylation is 1. The summed E-state index contributed by atoms with van der Waals surface area (Å²) in [5.41, 5.74) is 4.60. The van der Waals surface area contributed by atoms with E-state index in [0.29, 0.717) is 13.2 Å². The molecule has 0 aliphatic carbocycles. The minimum absolute atomic E-state index is 0.222. The van der Waals surface area contributed by atoms with Crippen molar-refractivity contribution in [1.82, 2.24) is 0 Å². The predicted molar refractivity (Wildman–Crippen MR) is 101 cm³/mol. The number of rotatable bonds is 4. The number of amides is 1. The molecule has 0 aromatic heterocycles. The van der Waals surface area contributed by atoms with Gasteiger partial charge in [0, 0.05) is 24.5 Å². The van der Waals surface area contributed by atoms with Gasteiger partial charge in [-0.05, 0) is 42.2 Å². The molecule has 0 saturated heterocycles. The van der Waals surface area contributed by atoms with Crippen LogP contribution in [0.25, 0.3) is 0 Å². The van der Waals surface area contributed by atoms with Gasteiger partial charge in [-0.25, -0.2) is 0 Å². The highest BCUT2D eigenvalue weighted by Crippen LogP contribution is 2.31. The summed E-state index contributed by atoms with van der Waals surface area (Å²) >= 11 is 0. The van der Waals surface area contributed by atoms with Gasteiger partial charge in [-0.2, -0.15) is 0 Å². The highest BCUT2D eigenvalue weighted by molar-refractivity contribution is 6.02. The van der Waals surface area contributed by atoms with Gasteiger partial charge in [-0.1, -0.05) is 30.3 Å². The molecular formula is C21H22N2O3. The SMILES string of the molecule is O=C(Nc1ccc2c(c1)CCCN2Cc1ccccc1)C1=COCCO1. The zero-order valence-corrected chi connectivity index (χ0v) is 14.6. The van der Waals surface area contributed by atoms with E-state index in [-0.39, 0.29) is 11.7 Å². The second-order valence-corrected chi connectivity index (χ2v) is 6.51. The Balaban J connectivity index is 1.49. The average Bonchev–Trinajstić information content (AvgIpc) is 2.69. The lowest BCUT2D eigenvalue weighted by Crippen LogP contribution is -2.29. The van der Waals surface area contributed by atoms with Crippen molar-refractivity contribution in [2.24, 2.45) is 0 Å². The van der Waals surface area contributed by atoms with Gasteiger partial charge in [0.2, 0.25) is 5.76 Å². The summed E-state index contributed by atoms with van der Waals surface area (Å²) < 4.78 is 10.5. The van der Waals surface area contributed by atoms with Crippen LogP contribution in [0.5, 0.6) is 0 Å². The largest absolute Gasteiger partial charge is 0.494 e. The number of hydrogen-bond acceptors (Lipinski definition) is 4. The van der Waals surface area contributed by atoms with Crippen LogP contribution in [0.2, 0.25) is 0 Å². The van der Waals surface area contributed by atoms with Crippen molar-refractivity contribution in [2.75, 3.05) is 30.0 Å². The summed E-state index contributed by atoms with van der Waals surface area (Å²) in [6, 6.07) is 16.6. The molecule has 0 radical (unpaired) electrons. The first-order valence-electron chi connectivity index (χ1n) is 8.97. The minimum atomic E-state index is -0.276. The zero-order valence-electron chi connectivity index (χ0n) is 14.6. The molecule has 2 aromatic carbocycles. The van der Waals surface area contributed by atoms with Crippen LogP contribution in [-0.2, 0) is 27.2 Å². The fourth-order valence-electron chi connectivity index (χ4n) is 3.40. The van der Waals surface area contributed by atoms with Crippen LogP contribution >= 0.6 is 0 Å². The van der Waals surface area contributed by atoms with Crippen molar-refractivity contribution in [1.29, 1.82) is 0 Å². The Kier molecular flexibility index (Phi) is 4.78. The molecule has 2 heterocycles. The Morgan fingerprint density at radius 1 is 1.12 bits per heavy atom. The zero-order chi connectivity index (χ0) is 17.8. The lowest BCUT2D eigenvalue weighted by atomic mass is 10.00. The molecule has 1 amide bonds. The van der Waals surface area contributed by atoms with Crippen LogP contribution in [-0.4, -0.2) is 25.7 Å². The van der Waals surface area contributed by atoms with Gasteiger partial charge < -0.3 is 19.7 Å². The van der Waals surface area contributed by atoms with E-state index in [2.05, 4.69) is 46.6 Å². The molecule has 4 rings (SSSR count). The van der Waals surface area contributed by atoms with E-state index >= 15 is 0 Å². The number of nitrogens with one attached hydrogen (secondary N) is 1. The lowest BCUT2D eigenvalue weighted by Gasteiger charge is -2.32. The summed E-state index contributed by atoms with van der Waals surface area (Å²) in [7, 11) is 0. The molecule has 134 valence electrons. The van der Waals surface area contributed by atoms with E-state index in [4.69, 9.17) is 9.47 Å². The molecule has 0 saturated carbocycles. The number of ether oxygens (including phenoxy) is 2. The maximum absolute atomic E-state index is 12.2. The number of carbonyl (C=O) groups is 1. The van der Waals surface area contributed by atoms with Crippen molar-refractivity contribution < 1.29 is 14.3 Å². The third-order valence-electron chi connectivity index (χ3n) is 4.64. The van der Waals surface area contributed by atoms with E-state index in [0.717, 1.165) is 31.6 Å². The summed E-state index contributed by atoms with van der Waals surface area (Å²) in [4.78, 5) is 14.6. The van der Waals surface area contributed by atoms with Crippen LogP contribution in [0.15, 0.2) is 60.6 Å². The van der Waals surface area contributed by atoms with Gasteiger partial charge in [0.1, 0.15) is 19.5 Å². The van der Waals surface area contributed by atoms with Gasteiger partial charge in [-0.3, -0.25) is 4.79 Å². The van der Waals surface area contributed by atoms with Crippen molar-refractivity contribution in [3.63, 3.8) is 0 Å². The molecule has 5 heteroatoms. The first kappa shape index (κ1) is 16.5. The molecule has 5 nitrogen and oxygen atoms in total. The Hall–Kier alpha value is -2.95. The molecule has 2 aromatic rings. The van der Waals surface area contributed by atoms with E-state index in [1.165, 1.54) is 23.1 Å². The van der Waals surface area contributed by atoms with Crippen molar-refractivity contribution in [3.8, 4) is 0 Å². The van der Waals surface area contributed by atoms with E-state index in [9.17, 15) is 4.79 Å². The Bertz CT molecular complexity index is 817. The summed E-state index contributed by atoms with van der Waals surface area (Å²) in [5, 5.41) is 2.90. The van der Waals surface area contributed by atoms with Gasteiger partial charge >= 0.3 is 0 Å². The quantitative estimate of drug-likeness (QED) is 0.917. The van der Waals surface area contributed by atoms with Crippen molar-refractivity contribution in [2.45, 2.75) is 19.4 Å². The molecular weight excluding hydrogens is 328 g/mol. The van der Waals surface area contributed by atoms with Gasteiger partial charge in [-0.15, -0.1) is 0 Å². The number of nitrogens with zero attached hydrogens (tertiary/aromatic N) is 1. The summed E-state index contributed by atoms with van der Waals surface area (Å²) in [6.45, 7) is 2.83. The number of carbonyl (C=O) groups excluding carboxylic acids is 1. The Labute approximate surface area is 153 Å². The number of fused-ring (bicyclic) bond motifs is 1. The molecule has 0 fully saturated rings. The molecule has 0 spiro atoms. The first-order valence-corrected chi connectivity index (χ1v) is 8.97. The van der Waals surface area contributed by atoms with E-state index < -0.39 is 0 Å². The molecule has 0 bridgehead atoms. The summed E-state index contributed by atoms with van der Waals surface area (Å²) in [5.74, 6) is -0.0544. The summed E-state index contributed by atoms with van der Waals surface area (Å²) in [6.07, 6.45) is 3.50. The van der Waals surface area contributed by atoms with Crippen LogP contribution < -0.4 is 10.2 Å². The molecule has 26 heavy (non-hydrogen) atoms. The second kappa shape index (κ2) is 7.52. The van der Waals surface area contributed by atoms with Gasteiger partial charge in [0.05, 0.1) is 0 Å². The third kappa shape index (κ3) is 3.67. The van der Waals surface area contributed by atoms with Crippen LogP contribution in [0.1, 0.15) is 17.5 Å². The van der Waals surface area contributed by atoms with Gasteiger partial charge in [0.15, 0.2) is 0 Å². The number of benzene rings is 2. The van der Waals surface area contributed by atoms with E-state index in [1.54, 1.807) is 0 Å². The lowest BCUT2D eigenvalue weighted by molar-refractivity contribution is -0.117. The van der Waals surface area contributed by atoms with Crippen LogP contribution in [0.3, 0.4) is 0 Å². The molecule has 2 aliphatic heterocycles. The number of hydrogen-bond donors (Lipinski definition) is 1. The molecule has 2 aliphatic rings. The fraction of sp³-hybridized carbons (Fsp3) is 0.286. The Morgan fingerprint density at radius 3 is 2.81 bits per heavy atom. The third-order valence-corrected chi connectivity index (χ3v) is 4.64. The normalized spacial score (nSPS) is 16.0. The Morgan fingerprint density at radius 2 is 2.00 bits per heavy atom. The highest BCUT2D eigenvalue weighted by Gasteiger charge is 2.19. The molecule has 0 unspecified atom stereocenters. The monoisotopic (exact) mass is 350 g/mol. The van der Waals surface area contributed by atoms with Crippen molar-refractivity contribution >= 4 is 17.3 Å². The topological polar surface area (TPSA) is 50.8 Å². The van der Waals surface area contributed by atoms with E-state index in [1.807, 2.05) is 12.1 Å². The molecule has 1 N–H and O–H groups in total. The van der Waals surface area contributed by atoms with Crippen LogP contribution in [0.4, 0.5) is 11.4 Å². The second-order valence-electron chi connectivity index (χ2n) is 6.51. The first-order chi connectivity index (χ1) is 12.8. The maximum Gasteiger partial charge on any atom is 0.294 e. The standard InChI is InChI=1S/C21H22N2O3/c24-21(20-15-25-11-12-26-20)22-18-8-9-19-17(13-18)7-4-10-23(19)14-16-5-2-1-3-6-16/h1-3,5-6,8-9,13,15H,4,7,10-12,14H2,(H,22,24). The minimum Gasteiger partial charge on any atom is -0.494 e. The highest BCUT2D eigenvalue weighted by atomic mass is 16.6. The fourth-order valence-corrected chi connectivity index (χ4v) is 3.40.